The molecule has 2 aromatic carbocycles. The quantitative estimate of drug-likeness (QED) is 0.487. The zero-order valence-corrected chi connectivity index (χ0v) is 10.4. The number of carbonyl (C=O) groups excluding carboxylic acids is 2. The van der Waals surface area contributed by atoms with E-state index in [1.165, 1.54) is 0 Å². The van der Waals surface area contributed by atoms with Crippen molar-refractivity contribution < 1.29 is 23.8 Å². The van der Waals surface area contributed by atoms with Crippen molar-refractivity contribution in [2.45, 2.75) is 0 Å². The molecule has 0 bridgehead atoms. The molecule has 100 valence electrons. The first kappa shape index (κ1) is 12.2. The van der Waals surface area contributed by atoms with Gasteiger partial charge in [0.1, 0.15) is 12.0 Å². The minimum Gasteiger partial charge on any atom is -0.454 e. The predicted octanol–water partition coefficient (Wildman–Crippen LogP) is 2.45. The molecule has 0 saturated carbocycles. The number of benzene rings is 2. The lowest BCUT2D eigenvalue weighted by Crippen LogP contribution is -2.08. The van der Waals surface area contributed by atoms with Gasteiger partial charge in [-0.25, -0.2) is 4.79 Å². The molecule has 5 nitrogen and oxygen atoms in total. The predicted molar refractivity (Wildman–Crippen MR) is 69.4 cm³/mol. The Labute approximate surface area is 114 Å². The van der Waals surface area contributed by atoms with Crippen molar-refractivity contribution in [3.63, 3.8) is 0 Å². The summed E-state index contributed by atoms with van der Waals surface area (Å²) in [5, 5.41) is 0. The Morgan fingerprint density at radius 1 is 1.05 bits per heavy atom. The molecule has 0 amide bonds. The van der Waals surface area contributed by atoms with Gasteiger partial charge in [0.05, 0.1) is 5.56 Å². The topological polar surface area (TPSA) is 61.8 Å². The molecular formula is C15H10O5. The number of hydrogen-bond donors (Lipinski definition) is 0. The molecule has 5 heteroatoms. The van der Waals surface area contributed by atoms with Crippen LogP contribution in [0.25, 0.3) is 0 Å². The maximum atomic E-state index is 12.0. The van der Waals surface area contributed by atoms with E-state index in [1.807, 2.05) is 0 Å². The summed E-state index contributed by atoms with van der Waals surface area (Å²) in [5.74, 6) is 1.01. The standard InChI is InChI=1S/C15H10O5/c16-8-10-1-4-12(5-2-10)20-15(17)11-3-6-13-14(7-11)19-9-18-13/h1-8H,9H2. The van der Waals surface area contributed by atoms with Crippen LogP contribution in [0.2, 0.25) is 0 Å². The fourth-order valence-corrected chi connectivity index (χ4v) is 1.80. The fourth-order valence-electron chi connectivity index (χ4n) is 1.80. The van der Waals surface area contributed by atoms with Gasteiger partial charge in [-0.1, -0.05) is 0 Å². The molecule has 0 spiro atoms. The third-order valence-electron chi connectivity index (χ3n) is 2.84. The van der Waals surface area contributed by atoms with Crippen LogP contribution in [0.1, 0.15) is 20.7 Å². The number of hydrogen-bond acceptors (Lipinski definition) is 5. The molecule has 1 aliphatic heterocycles. The van der Waals surface area contributed by atoms with Gasteiger partial charge in [0.2, 0.25) is 6.79 Å². The minimum atomic E-state index is -0.498. The van der Waals surface area contributed by atoms with Gasteiger partial charge in [-0.2, -0.15) is 0 Å². The van der Waals surface area contributed by atoms with Crippen LogP contribution in [-0.4, -0.2) is 19.0 Å². The van der Waals surface area contributed by atoms with E-state index in [4.69, 9.17) is 14.2 Å². The number of ether oxygens (including phenoxy) is 3. The first-order chi connectivity index (χ1) is 9.76. The Hall–Kier alpha value is -2.82. The van der Waals surface area contributed by atoms with E-state index in [1.54, 1.807) is 42.5 Å². The van der Waals surface area contributed by atoms with Gasteiger partial charge in [0.25, 0.3) is 0 Å². The Morgan fingerprint density at radius 2 is 1.80 bits per heavy atom. The highest BCUT2D eigenvalue weighted by atomic mass is 16.7. The second kappa shape index (κ2) is 5.05. The maximum Gasteiger partial charge on any atom is 0.343 e. The summed E-state index contributed by atoms with van der Waals surface area (Å²) in [6, 6.07) is 11.1. The smallest absolute Gasteiger partial charge is 0.343 e. The maximum absolute atomic E-state index is 12.0. The van der Waals surface area contributed by atoms with Crippen LogP contribution in [0.15, 0.2) is 42.5 Å². The number of fused-ring (bicyclic) bond motifs is 1. The van der Waals surface area contributed by atoms with Crippen molar-refractivity contribution in [1.29, 1.82) is 0 Å². The first-order valence-corrected chi connectivity index (χ1v) is 5.93. The summed E-state index contributed by atoms with van der Waals surface area (Å²) in [6.45, 7) is 0.154. The van der Waals surface area contributed by atoms with Gasteiger partial charge in [0.15, 0.2) is 11.5 Å². The van der Waals surface area contributed by atoms with E-state index in [9.17, 15) is 9.59 Å². The van der Waals surface area contributed by atoms with Crippen molar-refractivity contribution in [3.8, 4) is 17.2 Å². The molecular weight excluding hydrogens is 260 g/mol. The van der Waals surface area contributed by atoms with Crippen LogP contribution in [-0.2, 0) is 0 Å². The molecule has 0 unspecified atom stereocenters. The summed E-state index contributed by atoms with van der Waals surface area (Å²) < 4.78 is 15.6. The lowest BCUT2D eigenvalue weighted by atomic mass is 10.2. The molecule has 0 N–H and O–H groups in total. The second-order valence-corrected chi connectivity index (χ2v) is 4.14. The van der Waals surface area contributed by atoms with Crippen molar-refractivity contribution in [2.75, 3.05) is 6.79 Å². The van der Waals surface area contributed by atoms with Gasteiger partial charge in [-0.05, 0) is 42.5 Å². The first-order valence-electron chi connectivity index (χ1n) is 5.93. The third-order valence-corrected chi connectivity index (χ3v) is 2.84. The van der Waals surface area contributed by atoms with E-state index in [-0.39, 0.29) is 6.79 Å². The van der Waals surface area contributed by atoms with E-state index < -0.39 is 5.97 Å². The van der Waals surface area contributed by atoms with E-state index in [0.29, 0.717) is 28.4 Å². The molecule has 1 aliphatic rings. The molecule has 3 rings (SSSR count). The van der Waals surface area contributed by atoms with Crippen LogP contribution in [0, 0.1) is 0 Å². The Bertz CT molecular complexity index is 660. The van der Waals surface area contributed by atoms with Crippen molar-refractivity contribution in [2.24, 2.45) is 0 Å². The average molecular weight is 270 g/mol. The van der Waals surface area contributed by atoms with E-state index in [0.717, 1.165) is 6.29 Å². The van der Waals surface area contributed by atoms with Gasteiger partial charge >= 0.3 is 5.97 Å². The van der Waals surface area contributed by atoms with Crippen LogP contribution < -0.4 is 14.2 Å². The lowest BCUT2D eigenvalue weighted by Gasteiger charge is -2.05. The average Bonchev–Trinajstić information content (AvgIpc) is 2.95. The number of rotatable bonds is 3. The summed E-state index contributed by atoms with van der Waals surface area (Å²) >= 11 is 0. The highest BCUT2D eigenvalue weighted by Gasteiger charge is 2.17. The van der Waals surface area contributed by atoms with E-state index >= 15 is 0 Å². The van der Waals surface area contributed by atoms with Crippen LogP contribution in [0.4, 0.5) is 0 Å². The van der Waals surface area contributed by atoms with E-state index in [2.05, 4.69) is 0 Å². The Morgan fingerprint density at radius 3 is 2.55 bits per heavy atom. The second-order valence-electron chi connectivity index (χ2n) is 4.14. The highest BCUT2D eigenvalue weighted by Crippen LogP contribution is 2.32. The Kier molecular flexibility index (Phi) is 3.09. The van der Waals surface area contributed by atoms with Crippen molar-refractivity contribution >= 4 is 12.3 Å². The summed E-state index contributed by atoms with van der Waals surface area (Å²) in [7, 11) is 0. The summed E-state index contributed by atoms with van der Waals surface area (Å²) in [5.41, 5.74) is 0.890. The van der Waals surface area contributed by atoms with Crippen molar-refractivity contribution in [1.82, 2.24) is 0 Å². The summed E-state index contributed by atoms with van der Waals surface area (Å²) in [6.07, 6.45) is 0.726. The van der Waals surface area contributed by atoms with Crippen LogP contribution in [0.3, 0.4) is 0 Å². The molecule has 20 heavy (non-hydrogen) atoms. The van der Waals surface area contributed by atoms with Gasteiger partial charge in [-0.15, -0.1) is 0 Å². The molecule has 0 fully saturated rings. The van der Waals surface area contributed by atoms with Crippen LogP contribution in [0.5, 0.6) is 17.2 Å². The number of aldehydes is 1. The van der Waals surface area contributed by atoms with Gasteiger partial charge < -0.3 is 14.2 Å². The molecule has 2 aromatic rings. The lowest BCUT2D eigenvalue weighted by molar-refractivity contribution is 0.0734. The van der Waals surface area contributed by atoms with Gasteiger partial charge in [0, 0.05) is 5.56 Å². The highest BCUT2D eigenvalue weighted by molar-refractivity contribution is 5.92. The number of esters is 1. The molecule has 1 heterocycles. The molecule has 0 atom stereocenters. The van der Waals surface area contributed by atoms with Crippen LogP contribution >= 0.6 is 0 Å². The third kappa shape index (κ3) is 2.33. The van der Waals surface area contributed by atoms with Crippen molar-refractivity contribution in [3.05, 3.63) is 53.6 Å². The largest absolute Gasteiger partial charge is 0.454 e. The SMILES string of the molecule is O=Cc1ccc(OC(=O)c2ccc3c(c2)OCO3)cc1. The summed E-state index contributed by atoms with van der Waals surface area (Å²) in [4.78, 5) is 22.5. The molecule has 0 aliphatic carbocycles. The zero-order chi connectivity index (χ0) is 13.9. The fraction of sp³-hybridized carbons (Fsp3) is 0.0667. The molecule has 0 radical (unpaired) electrons. The number of carbonyl (C=O) groups is 2. The Balaban J connectivity index is 1.76. The minimum absolute atomic E-state index is 0.154. The van der Waals surface area contributed by atoms with Gasteiger partial charge in [-0.3, -0.25) is 4.79 Å². The normalized spacial score (nSPS) is 12.0. The zero-order valence-electron chi connectivity index (χ0n) is 10.4. The monoisotopic (exact) mass is 270 g/mol. The molecule has 0 saturated heterocycles. The molecule has 0 aromatic heterocycles.